The van der Waals surface area contributed by atoms with Crippen molar-refractivity contribution >= 4 is 48.2 Å². The van der Waals surface area contributed by atoms with E-state index in [0.29, 0.717) is 59.8 Å². The van der Waals surface area contributed by atoms with Crippen molar-refractivity contribution in [2.45, 2.75) is 176 Å². The largest absolute Gasteiger partial charge is 0.444 e. The number of alkyl halides is 1. The number of H-pyrrole nitrogens is 1. The molecule has 2 saturated heterocycles. The number of aromatic nitrogens is 8. The number of aromatic amines is 1. The highest BCUT2D eigenvalue weighted by atomic mass is 79.9. The summed E-state index contributed by atoms with van der Waals surface area (Å²) in [5.74, 6) is 2.09. The van der Waals surface area contributed by atoms with Gasteiger partial charge in [0.05, 0.1) is 15.8 Å². The Balaban J connectivity index is 0.000000200. The number of benzene rings is 2. The molecule has 0 spiro atoms. The Morgan fingerprint density at radius 1 is 0.644 bits per heavy atom. The number of amides is 2. The zero-order valence-electron chi connectivity index (χ0n) is 43.9. The van der Waals surface area contributed by atoms with Crippen LogP contribution in [0.3, 0.4) is 0 Å². The van der Waals surface area contributed by atoms with Crippen LogP contribution < -0.4 is 9.44 Å². The van der Waals surface area contributed by atoms with Gasteiger partial charge >= 0.3 is 12.2 Å². The maximum absolute atomic E-state index is 12.5. The monoisotopic (exact) mass is 1120 g/mol. The van der Waals surface area contributed by atoms with Crippen molar-refractivity contribution in [2.75, 3.05) is 40.3 Å². The van der Waals surface area contributed by atoms with Gasteiger partial charge in [-0.2, -0.15) is 10.0 Å². The van der Waals surface area contributed by atoms with Crippen LogP contribution in [0.5, 0.6) is 0 Å². The van der Waals surface area contributed by atoms with Crippen LogP contribution in [0.15, 0.2) is 46.2 Å². The van der Waals surface area contributed by atoms with Crippen molar-refractivity contribution in [3.05, 3.63) is 47.5 Å². The molecule has 2 saturated carbocycles. The second-order valence-corrected chi connectivity index (χ2v) is 26.5. The lowest BCUT2D eigenvalue weighted by atomic mass is 9.84. The van der Waals surface area contributed by atoms with Gasteiger partial charge in [-0.05, 0) is 152 Å². The van der Waals surface area contributed by atoms with E-state index in [1.54, 1.807) is 38.9 Å². The molecule has 23 heteroatoms. The van der Waals surface area contributed by atoms with E-state index in [9.17, 15) is 26.4 Å². The molecule has 0 atom stereocenters. The van der Waals surface area contributed by atoms with Gasteiger partial charge in [0.2, 0.25) is 31.7 Å². The first-order valence-corrected chi connectivity index (χ1v) is 29.7. The number of likely N-dealkylation sites (tertiary alicyclic amines) is 2. The van der Waals surface area contributed by atoms with E-state index in [4.69, 9.17) is 9.47 Å². The van der Waals surface area contributed by atoms with Crippen molar-refractivity contribution < 1.29 is 35.9 Å². The fraction of sp³-hybridized carbons (Fsp3) is 0.680. The van der Waals surface area contributed by atoms with E-state index in [0.717, 1.165) is 55.5 Å². The summed E-state index contributed by atoms with van der Waals surface area (Å²) in [6.07, 6.45) is 17.2. The molecule has 2 aliphatic heterocycles. The van der Waals surface area contributed by atoms with Gasteiger partial charge in [0.1, 0.15) is 11.2 Å². The third kappa shape index (κ3) is 17.2. The molecule has 2 aromatic heterocycles. The fourth-order valence-electron chi connectivity index (χ4n) is 9.58. The predicted molar refractivity (Wildman–Crippen MR) is 282 cm³/mol. The summed E-state index contributed by atoms with van der Waals surface area (Å²) in [5.41, 5.74) is 2.67. The highest BCUT2D eigenvalue weighted by Crippen LogP contribution is 2.34. The Kier molecular flexibility index (Phi) is 20.4. The van der Waals surface area contributed by atoms with Crippen LogP contribution in [-0.4, -0.2) is 136 Å². The molecule has 3 N–H and O–H groups in total. The SMILES string of the molecule is CC(C)(C)OC(=O)N1CCC(Br)CC1.CNS(=O)(=O)c1ccc(CC2CCCCC2)c(-c2nn[nH]n2)c1.CNS(=O)(=O)c1ccc(CC2CCCCC2)c(-c2nnn(C3CCN(C(=O)OC(C)(C)C)CC3)n2)c1. The summed E-state index contributed by atoms with van der Waals surface area (Å²) in [4.78, 5) is 30.1. The molecule has 8 rings (SSSR count). The summed E-state index contributed by atoms with van der Waals surface area (Å²) < 4.78 is 64.6. The van der Waals surface area contributed by atoms with E-state index in [1.165, 1.54) is 78.3 Å². The summed E-state index contributed by atoms with van der Waals surface area (Å²) in [5, 5.41) is 27.4. The number of piperidine rings is 2. The van der Waals surface area contributed by atoms with Crippen LogP contribution in [0.25, 0.3) is 22.8 Å². The van der Waals surface area contributed by atoms with Crippen LogP contribution in [0.2, 0.25) is 0 Å². The zero-order chi connectivity index (χ0) is 53.0. The van der Waals surface area contributed by atoms with Crippen LogP contribution in [-0.2, 0) is 42.4 Å². The summed E-state index contributed by atoms with van der Waals surface area (Å²) >= 11 is 3.55. The van der Waals surface area contributed by atoms with Gasteiger partial charge < -0.3 is 19.3 Å². The van der Waals surface area contributed by atoms with Crippen molar-refractivity contribution in [1.82, 2.24) is 60.1 Å². The summed E-state index contributed by atoms with van der Waals surface area (Å²) in [6.45, 7) is 14.0. The molecule has 4 aromatic rings. The lowest BCUT2D eigenvalue weighted by Gasteiger charge is -2.32. The molecular weight excluding hydrogens is 1040 g/mol. The van der Waals surface area contributed by atoms with Gasteiger partial charge in [0.25, 0.3) is 0 Å². The smallest absolute Gasteiger partial charge is 0.410 e. The lowest BCUT2D eigenvalue weighted by Crippen LogP contribution is -2.42. The number of sulfonamides is 2. The maximum Gasteiger partial charge on any atom is 0.410 e. The number of nitrogens with one attached hydrogen (secondary N) is 3. The number of tetrazole rings is 2. The van der Waals surface area contributed by atoms with Crippen molar-refractivity contribution in [3.63, 3.8) is 0 Å². The fourth-order valence-corrected chi connectivity index (χ4v) is 11.5. The Hall–Kier alpha value is -4.58. The van der Waals surface area contributed by atoms with Crippen molar-refractivity contribution in [1.29, 1.82) is 0 Å². The Labute approximate surface area is 440 Å². The van der Waals surface area contributed by atoms with Gasteiger partial charge in [0, 0.05) is 42.1 Å². The minimum Gasteiger partial charge on any atom is -0.444 e. The van der Waals surface area contributed by atoms with Crippen LogP contribution >= 0.6 is 15.9 Å². The number of carbonyl (C=O) groups is 2. The molecule has 2 aromatic carbocycles. The second kappa shape index (κ2) is 25.8. The van der Waals surface area contributed by atoms with Crippen LogP contribution in [0.1, 0.15) is 149 Å². The molecule has 20 nitrogen and oxygen atoms in total. The molecule has 4 aliphatic rings. The summed E-state index contributed by atoms with van der Waals surface area (Å²) in [7, 11) is -4.29. The van der Waals surface area contributed by atoms with Crippen molar-refractivity contribution in [2.24, 2.45) is 11.8 Å². The van der Waals surface area contributed by atoms with Crippen LogP contribution in [0.4, 0.5) is 9.59 Å². The number of ether oxygens (including phenoxy) is 2. The molecule has 2 amide bonds. The third-order valence-electron chi connectivity index (χ3n) is 13.6. The standard InChI is InChI=1S/C25H38N6O4S.C15H21N5O2S.C10H18BrNO2/c1-25(2,3)35-24(32)30-14-12-20(13-15-30)31-28-23(27-29-31)22-17-21(36(33,34)26-4)11-10-19(22)16-18-8-6-5-7-9-18;1-16-23(21,22)13-8-7-12(9-11-5-3-2-4-6-11)14(10-13)15-17-19-20-18-15;1-10(2,3)14-9(13)12-6-4-8(11)5-7-12/h10-11,17-18,20,26H,5-9,12-16H2,1-4H3;7-8,10-11,16H,2-6,9H2,1H3,(H,17,18,19,20);8H,4-7H2,1-3H3. The molecule has 73 heavy (non-hydrogen) atoms. The van der Waals surface area contributed by atoms with E-state index in [1.807, 2.05) is 53.7 Å². The molecule has 404 valence electrons. The molecule has 2 aliphatic carbocycles. The minimum absolute atomic E-state index is 0.0101. The average molecular weight is 1120 g/mol. The van der Waals surface area contributed by atoms with Gasteiger partial charge in [-0.1, -0.05) is 92.3 Å². The molecule has 4 fully saturated rings. The number of nitrogens with zero attached hydrogens (tertiary/aromatic N) is 9. The quantitative estimate of drug-likeness (QED) is 0.119. The van der Waals surface area contributed by atoms with Gasteiger partial charge in [-0.25, -0.2) is 35.9 Å². The number of hydrogen-bond acceptors (Lipinski definition) is 14. The first kappa shape index (κ1) is 57.7. The average Bonchev–Trinajstić information content (AvgIpc) is 4.09. The van der Waals surface area contributed by atoms with E-state index in [2.05, 4.69) is 61.4 Å². The molecule has 4 heterocycles. The van der Waals surface area contributed by atoms with Gasteiger partial charge in [0.15, 0.2) is 0 Å². The highest BCUT2D eigenvalue weighted by Gasteiger charge is 2.30. The van der Waals surface area contributed by atoms with E-state index < -0.39 is 25.6 Å². The molecular formula is C50H77BrN12O8S2. The minimum atomic E-state index is -3.60. The van der Waals surface area contributed by atoms with E-state index in [-0.39, 0.29) is 33.6 Å². The molecule has 0 unspecified atom stereocenters. The second-order valence-electron chi connectivity index (χ2n) is 21.5. The number of hydrogen-bond donors (Lipinski definition) is 3. The first-order chi connectivity index (χ1) is 34.5. The zero-order valence-corrected chi connectivity index (χ0v) is 47.1. The van der Waals surface area contributed by atoms with Gasteiger partial charge in [-0.15, -0.1) is 20.4 Å². The lowest BCUT2D eigenvalue weighted by molar-refractivity contribution is 0.0177. The third-order valence-corrected chi connectivity index (χ3v) is 17.3. The highest BCUT2D eigenvalue weighted by molar-refractivity contribution is 9.09. The van der Waals surface area contributed by atoms with E-state index >= 15 is 0 Å². The predicted octanol–water partition coefficient (Wildman–Crippen LogP) is 8.62. The Morgan fingerprint density at radius 2 is 1.08 bits per heavy atom. The van der Waals surface area contributed by atoms with Crippen LogP contribution in [0, 0.1) is 11.8 Å². The Morgan fingerprint density at radius 3 is 1.49 bits per heavy atom. The number of carbonyl (C=O) groups excluding carboxylic acids is 2. The summed E-state index contributed by atoms with van der Waals surface area (Å²) in [6, 6.07) is 10.4. The van der Waals surface area contributed by atoms with Gasteiger partial charge in [-0.3, -0.25) is 0 Å². The number of halogens is 1. The topological polar surface area (TPSA) is 249 Å². The Bertz CT molecular complexity index is 2630. The molecule has 0 bridgehead atoms. The first-order valence-electron chi connectivity index (χ1n) is 25.8. The molecule has 0 radical (unpaired) electrons. The normalized spacial score (nSPS) is 18.0. The van der Waals surface area contributed by atoms with Crippen molar-refractivity contribution in [3.8, 4) is 22.8 Å². The maximum atomic E-state index is 12.5. The number of rotatable bonds is 11.